The molecule has 1 amide bonds. The van der Waals surface area contributed by atoms with Gasteiger partial charge in [0.2, 0.25) is 5.91 Å². The van der Waals surface area contributed by atoms with E-state index < -0.39 is 11.9 Å². The number of carbonyl (C=O) groups is 2. The minimum atomic E-state index is -0.932. The Morgan fingerprint density at radius 2 is 1.61 bits per heavy atom. The lowest BCUT2D eigenvalue weighted by atomic mass is 9.99. The number of hydrogen-bond donors (Lipinski definition) is 3. The van der Waals surface area contributed by atoms with Crippen LogP contribution < -0.4 is 10.6 Å². The maximum atomic E-state index is 12.6. The third kappa shape index (κ3) is 9.30. The van der Waals surface area contributed by atoms with Crippen LogP contribution in [0.2, 0.25) is 0 Å². The predicted molar refractivity (Wildman–Crippen MR) is 128 cm³/mol. The molecular formula is C25H32N2O3S. The maximum absolute atomic E-state index is 12.6. The largest absolute Gasteiger partial charge is 0.481 e. The average Bonchev–Trinajstić information content (AvgIpc) is 2.77. The van der Waals surface area contributed by atoms with Crippen molar-refractivity contribution in [3.05, 3.63) is 71.8 Å². The molecule has 0 saturated heterocycles. The molecular weight excluding hydrogens is 408 g/mol. The van der Waals surface area contributed by atoms with E-state index in [1.807, 2.05) is 55.5 Å². The molecule has 2 rings (SSSR count). The first-order chi connectivity index (χ1) is 15.0. The SMILES string of the molecule is CCCC(CC(=O)NC(Cc1ccccc1)C(=S)NCCCc1ccccc1)C(=O)O. The van der Waals surface area contributed by atoms with Crippen LogP contribution in [0.1, 0.15) is 43.7 Å². The van der Waals surface area contributed by atoms with E-state index in [-0.39, 0.29) is 18.4 Å². The van der Waals surface area contributed by atoms with Crippen LogP contribution >= 0.6 is 12.2 Å². The minimum absolute atomic E-state index is 0.0366. The number of carbonyl (C=O) groups excluding carboxylic acids is 1. The van der Waals surface area contributed by atoms with Gasteiger partial charge in [0.1, 0.15) is 0 Å². The Morgan fingerprint density at radius 1 is 1.00 bits per heavy atom. The summed E-state index contributed by atoms with van der Waals surface area (Å²) < 4.78 is 0. The van der Waals surface area contributed by atoms with Crippen molar-refractivity contribution >= 4 is 29.1 Å². The highest BCUT2D eigenvalue weighted by Gasteiger charge is 2.23. The van der Waals surface area contributed by atoms with Crippen LogP contribution in [0, 0.1) is 5.92 Å². The van der Waals surface area contributed by atoms with Gasteiger partial charge >= 0.3 is 5.97 Å². The number of amides is 1. The fraction of sp³-hybridized carbons (Fsp3) is 0.400. The lowest BCUT2D eigenvalue weighted by molar-refractivity contribution is -0.144. The third-order valence-corrected chi connectivity index (χ3v) is 5.57. The van der Waals surface area contributed by atoms with Crippen molar-refractivity contribution in [2.24, 2.45) is 5.92 Å². The number of carboxylic acids is 1. The number of aryl methyl sites for hydroxylation is 1. The molecule has 0 heterocycles. The summed E-state index contributed by atoms with van der Waals surface area (Å²) in [6.07, 6.45) is 3.60. The fourth-order valence-electron chi connectivity index (χ4n) is 3.47. The maximum Gasteiger partial charge on any atom is 0.307 e. The quantitative estimate of drug-likeness (QED) is 0.322. The first kappa shape index (κ1) is 24.5. The Hall–Kier alpha value is -2.73. The highest BCUT2D eigenvalue weighted by atomic mass is 32.1. The highest BCUT2D eigenvalue weighted by molar-refractivity contribution is 7.80. The van der Waals surface area contributed by atoms with Gasteiger partial charge in [0.15, 0.2) is 0 Å². The van der Waals surface area contributed by atoms with Crippen LogP contribution in [0.3, 0.4) is 0 Å². The summed E-state index contributed by atoms with van der Waals surface area (Å²) in [6, 6.07) is 19.7. The molecule has 31 heavy (non-hydrogen) atoms. The van der Waals surface area contributed by atoms with Crippen LogP contribution in [0.4, 0.5) is 0 Å². The zero-order valence-electron chi connectivity index (χ0n) is 18.0. The first-order valence-electron chi connectivity index (χ1n) is 10.9. The highest BCUT2D eigenvalue weighted by Crippen LogP contribution is 2.12. The molecule has 5 nitrogen and oxygen atoms in total. The van der Waals surface area contributed by atoms with Gasteiger partial charge in [0.05, 0.1) is 16.9 Å². The normalized spacial score (nSPS) is 12.5. The van der Waals surface area contributed by atoms with Gasteiger partial charge in [0, 0.05) is 13.0 Å². The lowest BCUT2D eigenvalue weighted by Gasteiger charge is -2.22. The van der Waals surface area contributed by atoms with Gasteiger partial charge in [-0.2, -0.15) is 0 Å². The summed E-state index contributed by atoms with van der Waals surface area (Å²) >= 11 is 5.60. The molecule has 0 aliphatic carbocycles. The summed E-state index contributed by atoms with van der Waals surface area (Å²) in [6.45, 7) is 2.63. The second-order valence-electron chi connectivity index (χ2n) is 7.72. The first-order valence-corrected chi connectivity index (χ1v) is 11.3. The molecule has 0 aliphatic heterocycles. The standard InChI is InChI=1S/C25H32N2O3S/c1-2-10-21(25(29)30)18-23(28)27-22(17-20-13-7-4-8-14-20)24(31)26-16-9-15-19-11-5-3-6-12-19/h3-8,11-14,21-22H,2,9-10,15-18H2,1H3,(H,26,31)(H,27,28)(H,29,30). The average molecular weight is 441 g/mol. The van der Waals surface area contributed by atoms with Crippen LogP contribution in [-0.2, 0) is 22.4 Å². The number of rotatable bonds is 13. The summed E-state index contributed by atoms with van der Waals surface area (Å²) in [5.41, 5.74) is 2.34. The summed E-state index contributed by atoms with van der Waals surface area (Å²) in [5, 5.41) is 15.6. The Bertz CT molecular complexity index is 827. The van der Waals surface area contributed by atoms with Crippen molar-refractivity contribution in [1.82, 2.24) is 10.6 Å². The molecule has 3 N–H and O–H groups in total. The Morgan fingerprint density at radius 3 is 2.19 bits per heavy atom. The van der Waals surface area contributed by atoms with E-state index in [2.05, 4.69) is 22.8 Å². The summed E-state index contributed by atoms with van der Waals surface area (Å²) in [5.74, 6) is -1.89. The Balaban J connectivity index is 1.94. The van der Waals surface area contributed by atoms with Crippen molar-refractivity contribution in [3.8, 4) is 0 Å². The molecule has 0 radical (unpaired) electrons. The Kier molecular flexibility index (Phi) is 10.7. The van der Waals surface area contributed by atoms with E-state index in [1.165, 1.54) is 5.56 Å². The molecule has 2 aromatic carbocycles. The fourth-order valence-corrected chi connectivity index (χ4v) is 3.71. The van der Waals surface area contributed by atoms with Gasteiger partial charge in [-0.05, 0) is 36.8 Å². The van der Waals surface area contributed by atoms with Gasteiger partial charge < -0.3 is 15.7 Å². The van der Waals surface area contributed by atoms with E-state index in [0.29, 0.717) is 24.4 Å². The van der Waals surface area contributed by atoms with Crippen molar-refractivity contribution < 1.29 is 14.7 Å². The van der Waals surface area contributed by atoms with E-state index in [4.69, 9.17) is 12.2 Å². The number of hydrogen-bond acceptors (Lipinski definition) is 3. The number of benzene rings is 2. The second kappa shape index (κ2) is 13.5. The molecule has 6 heteroatoms. The molecule has 0 aromatic heterocycles. The number of nitrogens with one attached hydrogen (secondary N) is 2. The smallest absolute Gasteiger partial charge is 0.307 e. The van der Waals surface area contributed by atoms with Crippen molar-refractivity contribution in [2.75, 3.05) is 6.54 Å². The van der Waals surface area contributed by atoms with E-state index >= 15 is 0 Å². The lowest BCUT2D eigenvalue weighted by Crippen LogP contribution is -2.47. The number of carboxylic acid groups (broad SMARTS) is 1. The second-order valence-corrected chi connectivity index (χ2v) is 8.16. The molecule has 166 valence electrons. The van der Waals surface area contributed by atoms with Crippen LogP contribution in [0.15, 0.2) is 60.7 Å². The monoisotopic (exact) mass is 440 g/mol. The van der Waals surface area contributed by atoms with E-state index in [9.17, 15) is 14.7 Å². The van der Waals surface area contributed by atoms with E-state index in [0.717, 1.165) is 24.8 Å². The Labute approximate surface area is 190 Å². The molecule has 0 saturated carbocycles. The van der Waals surface area contributed by atoms with Gasteiger partial charge in [-0.15, -0.1) is 0 Å². The predicted octanol–water partition coefficient (Wildman–Crippen LogP) is 4.15. The van der Waals surface area contributed by atoms with E-state index in [1.54, 1.807) is 0 Å². The van der Waals surface area contributed by atoms with Crippen LogP contribution in [-0.4, -0.2) is 34.6 Å². The third-order valence-electron chi connectivity index (χ3n) is 5.14. The molecule has 0 spiro atoms. The number of aliphatic carboxylic acids is 1. The zero-order valence-corrected chi connectivity index (χ0v) is 18.9. The van der Waals surface area contributed by atoms with Crippen LogP contribution in [0.5, 0.6) is 0 Å². The molecule has 2 atom stereocenters. The topological polar surface area (TPSA) is 78.4 Å². The van der Waals surface area contributed by atoms with Gasteiger partial charge in [-0.25, -0.2) is 0 Å². The molecule has 0 aliphatic rings. The molecule has 2 unspecified atom stereocenters. The minimum Gasteiger partial charge on any atom is -0.481 e. The number of thiocarbonyl (C=S) groups is 1. The van der Waals surface area contributed by atoms with Crippen molar-refractivity contribution in [1.29, 1.82) is 0 Å². The van der Waals surface area contributed by atoms with Gasteiger partial charge in [-0.3, -0.25) is 9.59 Å². The van der Waals surface area contributed by atoms with Gasteiger partial charge in [0.25, 0.3) is 0 Å². The van der Waals surface area contributed by atoms with Crippen molar-refractivity contribution in [3.63, 3.8) is 0 Å². The molecule has 0 bridgehead atoms. The summed E-state index contributed by atoms with van der Waals surface area (Å²) in [4.78, 5) is 24.6. The zero-order chi connectivity index (χ0) is 22.5. The molecule has 0 fully saturated rings. The van der Waals surface area contributed by atoms with Crippen LogP contribution in [0.25, 0.3) is 0 Å². The summed E-state index contributed by atoms with van der Waals surface area (Å²) in [7, 11) is 0. The van der Waals surface area contributed by atoms with Crippen molar-refractivity contribution in [2.45, 2.75) is 51.5 Å². The van der Waals surface area contributed by atoms with Gasteiger partial charge in [-0.1, -0.05) is 86.2 Å². The molecule has 2 aromatic rings.